The number of halogens is 1. The van der Waals surface area contributed by atoms with Gasteiger partial charge in [-0.15, -0.1) is 0 Å². The lowest BCUT2D eigenvalue weighted by Gasteiger charge is -2.17. The second-order valence-electron chi connectivity index (χ2n) is 5.91. The molecule has 0 spiro atoms. The molecule has 3 aromatic rings. The first-order valence-electron chi connectivity index (χ1n) is 8.19. The van der Waals surface area contributed by atoms with Crippen LogP contribution in [0, 0.1) is 0 Å². The number of ether oxygens (including phenoxy) is 1. The molecule has 3 rings (SSSR count). The maximum atomic E-state index is 12.8. The molecule has 0 bridgehead atoms. The van der Waals surface area contributed by atoms with Crippen molar-refractivity contribution in [3.63, 3.8) is 0 Å². The number of benzene rings is 3. The van der Waals surface area contributed by atoms with E-state index in [1.165, 1.54) is 7.11 Å². The van der Waals surface area contributed by atoms with Gasteiger partial charge in [0, 0.05) is 17.0 Å². The van der Waals surface area contributed by atoms with Crippen LogP contribution >= 0.6 is 11.6 Å². The van der Waals surface area contributed by atoms with Crippen LogP contribution in [0.25, 0.3) is 10.8 Å². The second kappa shape index (κ2) is 8.02. The average molecular weight is 368 g/mol. The van der Waals surface area contributed by atoms with E-state index in [2.05, 4.69) is 5.32 Å². The van der Waals surface area contributed by atoms with Gasteiger partial charge in [-0.05, 0) is 34.5 Å². The highest BCUT2D eigenvalue weighted by molar-refractivity contribution is 6.30. The first-order chi connectivity index (χ1) is 12.6. The first-order valence-corrected chi connectivity index (χ1v) is 8.57. The summed E-state index contributed by atoms with van der Waals surface area (Å²) in [7, 11) is 1.30. The molecule has 1 atom stereocenters. The molecule has 1 amide bonds. The van der Waals surface area contributed by atoms with Gasteiger partial charge in [-0.1, -0.05) is 60.1 Å². The maximum Gasteiger partial charge on any atom is 0.328 e. The molecule has 0 aliphatic heterocycles. The van der Waals surface area contributed by atoms with E-state index in [1.54, 1.807) is 24.3 Å². The van der Waals surface area contributed by atoms with Crippen molar-refractivity contribution >= 4 is 34.2 Å². The zero-order chi connectivity index (χ0) is 18.5. The topological polar surface area (TPSA) is 55.4 Å². The highest BCUT2D eigenvalue weighted by Crippen LogP contribution is 2.19. The lowest BCUT2D eigenvalue weighted by Crippen LogP contribution is -2.43. The molecule has 3 aromatic carbocycles. The van der Waals surface area contributed by atoms with Crippen LogP contribution in [0.15, 0.2) is 66.7 Å². The molecule has 132 valence electrons. The van der Waals surface area contributed by atoms with Gasteiger partial charge >= 0.3 is 5.97 Å². The molecule has 0 fully saturated rings. The minimum atomic E-state index is -0.801. The molecular formula is C21H18ClNO3. The Morgan fingerprint density at radius 2 is 1.77 bits per heavy atom. The van der Waals surface area contributed by atoms with Crippen molar-refractivity contribution in [2.45, 2.75) is 12.5 Å². The van der Waals surface area contributed by atoms with Crippen LogP contribution < -0.4 is 5.32 Å². The Kier molecular flexibility index (Phi) is 5.54. The summed E-state index contributed by atoms with van der Waals surface area (Å²) in [6.45, 7) is 0. The van der Waals surface area contributed by atoms with Crippen molar-refractivity contribution in [1.29, 1.82) is 0 Å². The van der Waals surface area contributed by atoms with E-state index in [1.807, 2.05) is 42.5 Å². The number of amides is 1. The Morgan fingerprint density at radius 1 is 1.04 bits per heavy atom. The normalized spacial score (nSPS) is 11.8. The predicted molar refractivity (Wildman–Crippen MR) is 102 cm³/mol. The standard InChI is InChI=1S/C21H18ClNO3/c1-26-21(25)19(13-14-6-4-9-16(22)12-14)23-20(24)18-11-5-8-15-7-2-3-10-17(15)18/h2-12,19H,13H2,1H3,(H,23,24)/t19-/m1/s1. The molecule has 5 heteroatoms. The van der Waals surface area contributed by atoms with Gasteiger partial charge in [-0.2, -0.15) is 0 Å². The van der Waals surface area contributed by atoms with Gasteiger partial charge in [-0.25, -0.2) is 4.79 Å². The first kappa shape index (κ1) is 18.0. The predicted octanol–water partition coefficient (Wildman–Crippen LogP) is 4.01. The summed E-state index contributed by atoms with van der Waals surface area (Å²) in [4.78, 5) is 25.0. The van der Waals surface area contributed by atoms with Crippen LogP contribution in [-0.2, 0) is 16.0 Å². The van der Waals surface area contributed by atoms with Gasteiger partial charge in [0.25, 0.3) is 5.91 Å². The Balaban J connectivity index is 1.86. The molecule has 1 N–H and O–H groups in total. The van der Waals surface area contributed by atoms with E-state index in [4.69, 9.17) is 16.3 Å². The van der Waals surface area contributed by atoms with Crippen LogP contribution in [0.4, 0.5) is 0 Å². The van der Waals surface area contributed by atoms with E-state index in [0.717, 1.165) is 16.3 Å². The number of nitrogens with one attached hydrogen (secondary N) is 1. The third-order valence-corrected chi connectivity index (χ3v) is 4.39. The van der Waals surface area contributed by atoms with Gasteiger partial charge in [-0.3, -0.25) is 4.79 Å². The van der Waals surface area contributed by atoms with Gasteiger partial charge in [0.1, 0.15) is 6.04 Å². The third kappa shape index (κ3) is 4.03. The molecule has 0 aromatic heterocycles. The van der Waals surface area contributed by atoms with E-state index >= 15 is 0 Å². The van der Waals surface area contributed by atoms with E-state index in [9.17, 15) is 9.59 Å². The zero-order valence-electron chi connectivity index (χ0n) is 14.2. The largest absolute Gasteiger partial charge is 0.467 e. The van der Waals surface area contributed by atoms with Crippen LogP contribution in [0.3, 0.4) is 0 Å². The maximum absolute atomic E-state index is 12.8. The fraction of sp³-hybridized carbons (Fsp3) is 0.143. The van der Waals surface area contributed by atoms with Crippen molar-refractivity contribution in [1.82, 2.24) is 5.32 Å². The van der Waals surface area contributed by atoms with E-state index in [-0.39, 0.29) is 5.91 Å². The molecule has 0 heterocycles. The van der Waals surface area contributed by atoms with Crippen molar-refractivity contribution in [2.75, 3.05) is 7.11 Å². The average Bonchev–Trinajstić information content (AvgIpc) is 2.66. The Morgan fingerprint density at radius 3 is 2.54 bits per heavy atom. The quantitative estimate of drug-likeness (QED) is 0.693. The molecule has 0 unspecified atom stereocenters. The number of hydrogen-bond donors (Lipinski definition) is 1. The molecule has 4 nitrogen and oxygen atoms in total. The summed E-state index contributed by atoms with van der Waals surface area (Å²) >= 11 is 6.01. The summed E-state index contributed by atoms with van der Waals surface area (Å²) < 4.78 is 4.85. The van der Waals surface area contributed by atoms with Crippen molar-refractivity contribution < 1.29 is 14.3 Å². The zero-order valence-corrected chi connectivity index (χ0v) is 15.0. The molecule has 26 heavy (non-hydrogen) atoms. The number of fused-ring (bicyclic) bond motifs is 1. The molecule has 0 aliphatic carbocycles. The Hall–Kier alpha value is -2.85. The minimum absolute atomic E-state index is 0.295. The van der Waals surface area contributed by atoms with Crippen LogP contribution in [0.5, 0.6) is 0 Å². The number of carbonyl (C=O) groups is 2. The summed E-state index contributed by atoms with van der Waals surface area (Å²) in [5, 5.41) is 5.16. The highest BCUT2D eigenvalue weighted by Gasteiger charge is 2.23. The van der Waals surface area contributed by atoms with Crippen molar-refractivity contribution in [3.05, 3.63) is 82.9 Å². The SMILES string of the molecule is COC(=O)[C@@H](Cc1cccc(Cl)c1)NC(=O)c1cccc2ccccc12. The summed E-state index contributed by atoms with van der Waals surface area (Å²) in [5.41, 5.74) is 1.36. The summed E-state index contributed by atoms with van der Waals surface area (Å²) in [6, 6.07) is 19.5. The van der Waals surface area contributed by atoms with E-state index < -0.39 is 12.0 Å². The highest BCUT2D eigenvalue weighted by atomic mass is 35.5. The number of hydrogen-bond acceptors (Lipinski definition) is 3. The molecule has 0 saturated heterocycles. The van der Waals surface area contributed by atoms with Gasteiger partial charge in [0.2, 0.25) is 0 Å². The number of esters is 1. The van der Waals surface area contributed by atoms with Gasteiger partial charge < -0.3 is 10.1 Å². The lowest BCUT2D eigenvalue weighted by atomic mass is 10.0. The number of carbonyl (C=O) groups excluding carboxylic acids is 2. The van der Waals surface area contributed by atoms with Crippen molar-refractivity contribution in [2.24, 2.45) is 0 Å². The molecule has 0 saturated carbocycles. The van der Waals surface area contributed by atoms with Crippen LogP contribution in [0.2, 0.25) is 5.02 Å². The van der Waals surface area contributed by atoms with Crippen molar-refractivity contribution in [3.8, 4) is 0 Å². The Bertz CT molecular complexity index is 949. The van der Waals surface area contributed by atoms with Crippen LogP contribution in [0.1, 0.15) is 15.9 Å². The number of methoxy groups -OCH3 is 1. The fourth-order valence-electron chi connectivity index (χ4n) is 2.89. The molecule has 0 aliphatic rings. The monoisotopic (exact) mass is 367 g/mol. The lowest BCUT2D eigenvalue weighted by molar-refractivity contribution is -0.142. The molecule has 0 radical (unpaired) electrons. The van der Waals surface area contributed by atoms with Gasteiger partial charge in [0.05, 0.1) is 7.11 Å². The summed E-state index contributed by atoms with van der Waals surface area (Å²) in [6.07, 6.45) is 0.295. The fourth-order valence-corrected chi connectivity index (χ4v) is 3.11. The number of rotatable bonds is 5. The summed E-state index contributed by atoms with van der Waals surface area (Å²) in [5.74, 6) is -0.821. The second-order valence-corrected chi connectivity index (χ2v) is 6.35. The van der Waals surface area contributed by atoms with Crippen LogP contribution in [-0.4, -0.2) is 25.0 Å². The Labute approximate surface area is 156 Å². The van der Waals surface area contributed by atoms with Gasteiger partial charge in [0.15, 0.2) is 0 Å². The van der Waals surface area contributed by atoms with E-state index in [0.29, 0.717) is 17.0 Å². The third-order valence-electron chi connectivity index (χ3n) is 4.15. The minimum Gasteiger partial charge on any atom is -0.467 e. The molecular weight excluding hydrogens is 350 g/mol. The smallest absolute Gasteiger partial charge is 0.328 e.